The van der Waals surface area contributed by atoms with Crippen molar-refractivity contribution in [1.82, 2.24) is 0 Å². The van der Waals surface area contributed by atoms with Gasteiger partial charge in [-0.3, -0.25) is 9.79 Å². The van der Waals surface area contributed by atoms with Crippen LogP contribution in [0.5, 0.6) is 0 Å². The first-order chi connectivity index (χ1) is 15.1. The van der Waals surface area contributed by atoms with E-state index in [0.717, 1.165) is 12.3 Å². The van der Waals surface area contributed by atoms with Gasteiger partial charge in [-0.25, -0.2) is 23.2 Å². The largest absolute Gasteiger partial charge is 0.451 e. The van der Waals surface area contributed by atoms with Crippen LogP contribution in [-0.4, -0.2) is 56.2 Å². The molecule has 2 heterocycles. The Balaban J connectivity index is 1.87. The first kappa shape index (κ1) is 23.3. The number of hydrogen-bond donors (Lipinski definition) is 2. The van der Waals surface area contributed by atoms with E-state index in [4.69, 9.17) is 15.2 Å². The Kier molecular flexibility index (Phi) is 6.53. The monoisotopic (exact) mass is 453 g/mol. The van der Waals surface area contributed by atoms with E-state index in [1.165, 1.54) is 26.0 Å². The summed E-state index contributed by atoms with van der Waals surface area (Å²) in [4.78, 5) is 23.7. The lowest BCUT2D eigenvalue weighted by Crippen LogP contribution is -2.67. The number of halogens is 3. The van der Waals surface area contributed by atoms with Crippen LogP contribution >= 0.6 is 0 Å². The Hall–Kier alpha value is -3.41. The molecule has 0 unspecified atom stereocenters. The Morgan fingerprint density at radius 2 is 2.22 bits per heavy atom. The second-order valence-electron chi connectivity index (χ2n) is 7.36. The summed E-state index contributed by atoms with van der Waals surface area (Å²) in [5, 5.41) is 2.53. The number of hydrogen-bond acceptors (Lipinski definition) is 8. The van der Waals surface area contributed by atoms with Gasteiger partial charge in [0.15, 0.2) is 11.8 Å². The Morgan fingerprint density at radius 1 is 1.50 bits per heavy atom. The van der Waals surface area contributed by atoms with Gasteiger partial charge in [-0.05, 0) is 38.8 Å². The quantitative estimate of drug-likeness (QED) is 0.485. The average molecular weight is 453 g/mol. The summed E-state index contributed by atoms with van der Waals surface area (Å²) in [6.07, 6.45) is -0.739. The van der Waals surface area contributed by atoms with Crippen molar-refractivity contribution in [3.05, 3.63) is 41.7 Å². The molecular weight excluding hydrogens is 431 g/mol. The van der Waals surface area contributed by atoms with Crippen molar-refractivity contribution in [1.29, 1.82) is 0 Å². The molecule has 1 saturated heterocycles. The molecule has 0 aromatic heterocycles. The molecule has 1 fully saturated rings. The molecule has 1 amide bonds. The Labute approximate surface area is 181 Å². The fourth-order valence-corrected chi connectivity index (χ4v) is 3.39. The van der Waals surface area contributed by atoms with Crippen molar-refractivity contribution in [3.8, 4) is 0 Å². The fourth-order valence-electron chi connectivity index (χ4n) is 3.39. The first-order valence-electron chi connectivity index (χ1n) is 9.43. The zero-order valence-corrected chi connectivity index (χ0v) is 17.4. The minimum atomic E-state index is -1.76. The number of benzene rings is 1. The number of ether oxygens (including phenoxy) is 3. The number of alkyl halides is 2. The number of rotatable bonds is 7. The van der Waals surface area contributed by atoms with Crippen molar-refractivity contribution >= 4 is 30.0 Å². The molecule has 3 rings (SSSR count). The van der Waals surface area contributed by atoms with E-state index in [9.17, 15) is 13.6 Å². The number of nitrogens with zero attached hydrogens (tertiary/aromatic N) is 3. The van der Waals surface area contributed by atoms with Gasteiger partial charge in [0.1, 0.15) is 17.1 Å². The highest BCUT2D eigenvalue weighted by Crippen LogP contribution is 2.45. The van der Waals surface area contributed by atoms with E-state index < -0.39 is 35.9 Å². The molecule has 0 bridgehead atoms. The van der Waals surface area contributed by atoms with Gasteiger partial charge in [0.2, 0.25) is 12.7 Å². The molecule has 12 heteroatoms. The van der Waals surface area contributed by atoms with Gasteiger partial charge >= 0.3 is 0 Å². The van der Waals surface area contributed by atoms with E-state index in [0.29, 0.717) is 0 Å². The van der Waals surface area contributed by atoms with Gasteiger partial charge in [-0.1, -0.05) is 0 Å². The summed E-state index contributed by atoms with van der Waals surface area (Å²) < 4.78 is 57.3. The summed E-state index contributed by atoms with van der Waals surface area (Å²) in [5.74, 6) is -1.60. The minimum Gasteiger partial charge on any atom is -0.451 e. The lowest BCUT2D eigenvalue weighted by molar-refractivity contribution is -0.221. The van der Waals surface area contributed by atoms with Gasteiger partial charge in [-0.2, -0.15) is 0 Å². The molecule has 1 aromatic carbocycles. The molecule has 0 saturated carbocycles. The molecule has 0 aliphatic carbocycles. The SMILES string of the molecule is C=N/C(=C\N=C(/C)C(=O)Nc1ccc(F)c([C@@]2(C)N=C(N)OC3(COC3)[C@@H]2F)c1)OCF. The molecule has 1 spiro atoms. The van der Waals surface area contributed by atoms with Crippen LogP contribution in [0.4, 0.5) is 18.9 Å². The second-order valence-corrected chi connectivity index (χ2v) is 7.36. The van der Waals surface area contributed by atoms with Crippen molar-refractivity contribution in [2.24, 2.45) is 20.7 Å². The molecule has 3 N–H and O–H groups in total. The normalized spacial score (nSPS) is 24.8. The second kappa shape index (κ2) is 8.99. The van der Waals surface area contributed by atoms with Crippen molar-refractivity contribution in [2.75, 3.05) is 25.4 Å². The lowest BCUT2D eigenvalue weighted by atomic mass is 9.76. The van der Waals surface area contributed by atoms with Crippen LogP contribution in [0.3, 0.4) is 0 Å². The van der Waals surface area contributed by atoms with Crippen LogP contribution in [0, 0.1) is 5.82 Å². The molecule has 2 aliphatic rings. The van der Waals surface area contributed by atoms with Gasteiger partial charge in [-0.15, -0.1) is 0 Å². The summed E-state index contributed by atoms with van der Waals surface area (Å²) >= 11 is 0. The number of nitrogens with two attached hydrogens (primary N) is 1. The molecule has 0 radical (unpaired) electrons. The van der Waals surface area contributed by atoms with Crippen molar-refractivity contribution < 1.29 is 32.2 Å². The standard InChI is InChI=1S/C20H22F3N5O4/c1-11(26-7-15(25-3)31-10-21)16(29)27-12-4-5-14(22)13(6-12)19(2)17(23)20(8-30-9-20)32-18(24)28-19/h4-7,17H,3,8-10H2,1-2H3,(H2,24,28)(H,27,29)/b15-7+,26-11+/t17-,19-/m1/s1. The minimum absolute atomic E-state index is 0.0343. The molecule has 32 heavy (non-hydrogen) atoms. The highest BCUT2D eigenvalue weighted by molar-refractivity contribution is 6.42. The highest BCUT2D eigenvalue weighted by atomic mass is 19.1. The zero-order valence-electron chi connectivity index (χ0n) is 17.4. The number of carbonyl (C=O) groups excluding carboxylic acids is 1. The number of nitrogens with one attached hydrogen (secondary N) is 1. The maximum Gasteiger partial charge on any atom is 0.283 e. The topological polar surface area (TPSA) is 120 Å². The maximum atomic E-state index is 15.5. The van der Waals surface area contributed by atoms with E-state index in [2.05, 4.69) is 31.7 Å². The third-order valence-electron chi connectivity index (χ3n) is 5.12. The molecular formula is C20H22F3N5O4. The summed E-state index contributed by atoms with van der Waals surface area (Å²) in [6, 6.07) is 3.36. The van der Waals surface area contributed by atoms with Crippen LogP contribution in [0.2, 0.25) is 0 Å². The smallest absolute Gasteiger partial charge is 0.283 e. The molecule has 2 aliphatic heterocycles. The van der Waals surface area contributed by atoms with E-state index in [-0.39, 0.29) is 42.1 Å². The first-order valence-corrected chi connectivity index (χ1v) is 9.43. The average Bonchev–Trinajstić information content (AvgIpc) is 2.73. The summed E-state index contributed by atoms with van der Waals surface area (Å²) in [5.41, 5.74) is 2.69. The summed E-state index contributed by atoms with van der Waals surface area (Å²) in [6.45, 7) is 4.74. The number of aliphatic imine (C=N–C) groups is 3. The number of carbonyl (C=O) groups is 1. The van der Waals surface area contributed by atoms with Gasteiger partial charge < -0.3 is 25.3 Å². The van der Waals surface area contributed by atoms with Crippen molar-refractivity contribution in [3.63, 3.8) is 0 Å². The van der Waals surface area contributed by atoms with Crippen LogP contribution in [0.15, 0.2) is 45.3 Å². The molecule has 172 valence electrons. The maximum absolute atomic E-state index is 15.5. The number of amidine groups is 1. The van der Waals surface area contributed by atoms with Crippen molar-refractivity contribution in [2.45, 2.75) is 31.2 Å². The van der Waals surface area contributed by atoms with Crippen LogP contribution < -0.4 is 11.1 Å². The van der Waals surface area contributed by atoms with E-state index in [1.54, 1.807) is 0 Å². The third kappa shape index (κ3) is 4.31. The predicted molar refractivity (Wildman–Crippen MR) is 111 cm³/mol. The fraction of sp³-hybridized carbons (Fsp3) is 0.400. The number of anilines is 1. The van der Waals surface area contributed by atoms with Gasteiger partial charge in [0.25, 0.3) is 11.9 Å². The highest BCUT2D eigenvalue weighted by Gasteiger charge is 2.61. The lowest BCUT2D eigenvalue weighted by Gasteiger charge is -2.50. The van der Waals surface area contributed by atoms with E-state index >= 15 is 4.39 Å². The Morgan fingerprint density at radius 3 is 2.81 bits per heavy atom. The van der Waals surface area contributed by atoms with Gasteiger partial charge in [0, 0.05) is 11.3 Å². The van der Waals surface area contributed by atoms with Crippen LogP contribution in [0.25, 0.3) is 0 Å². The summed E-state index contributed by atoms with van der Waals surface area (Å²) in [7, 11) is 0. The van der Waals surface area contributed by atoms with Crippen LogP contribution in [-0.2, 0) is 24.5 Å². The Bertz CT molecular complexity index is 1010. The zero-order chi connectivity index (χ0) is 23.5. The molecule has 9 nitrogen and oxygen atoms in total. The molecule has 2 atom stereocenters. The number of amides is 1. The molecule has 1 aromatic rings. The van der Waals surface area contributed by atoms with Gasteiger partial charge in [0.05, 0.1) is 19.4 Å². The predicted octanol–water partition coefficient (Wildman–Crippen LogP) is 2.34. The van der Waals surface area contributed by atoms with E-state index in [1.807, 2.05) is 0 Å². The third-order valence-corrected chi connectivity index (χ3v) is 5.12. The van der Waals surface area contributed by atoms with Crippen LogP contribution in [0.1, 0.15) is 19.4 Å².